The van der Waals surface area contributed by atoms with E-state index in [1.807, 2.05) is 0 Å². The molecule has 3 N–H and O–H groups in total. The summed E-state index contributed by atoms with van der Waals surface area (Å²) < 4.78 is 18.5. The van der Waals surface area contributed by atoms with E-state index in [4.69, 9.17) is 10.1 Å². The van der Waals surface area contributed by atoms with Crippen LogP contribution in [0, 0.1) is 17.1 Å². The molecule has 1 aromatic heterocycles. The Labute approximate surface area is 211 Å². The van der Waals surface area contributed by atoms with Crippen molar-refractivity contribution in [2.75, 3.05) is 56.6 Å². The van der Waals surface area contributed by atoms with Gasteiger partial charge in [-0.2, -0.15) is 0 Å². The number of ether oxygens (including phenoxy) is 1. The van der Waals surface area contributed by atoms with Crippen molar-refractivity contribution in [3.63, 3.8) is 0 Å². The number of benzene rings is 1. The van der Waals surface area contributed by atoms with Crippen molar-refractivity contribution in [2.24, 2.45) is 5.92 Å². The van der Waals surface area contributed by atoms with E-state index in [-0.39, 0.29) is 17.4 Å². The Kier molecular flexibility index (Phi) is 7.48. The second kappa shape index (κ2) is 10.9. The molecule has 2 aromatic rings. The van der Waals surface area contributed by atoms with Gasteiger partial charge in [-0.05, 0) is 56.0 Å². The lowest BCUT2D eigenvalue weighted by atomic mass is 9.79. The molecule has 0 amide bonds. The standard InChI is InChI=1S/C27H35FN6O2/c1-36-27(35)22-17-23(34-13-9-21(10-14-34)33-15-11-30-12-16-33)24(25(29)18-3-2-4-18)26(32-22)31-20-7-5-19(28)6-8-20/h5-8,17-18,21,29-30H,2-4,9-16H2,1H3,(H,31,32). The zero-order valence-electron chi connectivity index (χ0n) is 20.9. The third-order valence-corrected chi connectivity index (χ3v) is 7.76. The van der Waals surface area contributed by atoms with Gasteiger partial charge in [0.05, 0.1) is 18.4 Å². The zero-order valence-corrected chi connectivity index (χ0v) is 20.9. The van der Waals surface area contributed by atoms with E-state index in [0.29, 0.717) is 23.3 Å². The van der Waals surface area contributed by atoms with E-state index in [1.165, 1.54) is 19.2 Å². The molecule has 36 heavy (non-hydrogen) atoms. The number of rotatable bonds is 7. The van der Waals surface area contributed by atoms with Crippen molar-refractivity contribution < 1.29 is 13.9 Å². The minimum absolute atomic E-state index is 0.182. The van der Waals surface area contributed by atoms with Crippen LogP contribution in [0.15, 0.2) is 30.3 Å². The molecule has 3 aliphatic rings. The molecule has 0 unspecified atom stereocenters. The highest BCUT2D eigenvalue weighted by molar-refractivity contribution is 6.10. The van der Waals surface area contributed by atoms with Gasteiger partial charge in [0, 0.05) is 62.6 Å². The van der Waals surface area contributed by atoms with Crippen LogP contribution in [0.4, 0.5) is 21.6 Å². The molecule has 0 bridgehead atoms. The lowest BCUT2D eigenvalue weighted by Gasteiger charge is -2.42. The fourth-order valence-corrected chi connectivity index (χ4v) is 5.44. The third-order valence-electron chi connectivity index (χ3n) is 7.76. The number of esters is 1. The molecule has 0 atom stereocenters. The quantitative estimate of drug-likeness (QED) is 0.398. The van der Waals surface area contributed by atoms with Crippen LogP contribution in [0.1, 0.15) is 48.2 Å². The minimum Gasteiger partial charge on any atom is -0.464 e. The second-order valence-electron chi connectivity index (χ2n) is 9.92. The molecule has 0 radical (unpaired) electrons. The fourth-order valence-electron chi connectivity index (χ4n) is 5.44. The minimum atomic E-state index is -0.518. The highest BCUT2D eigenvalue weighted by Gasteiger charge is 2.32. The summed E-state index contributed by atoms with van der Waals surface area (Å²) in [6, 6.07) is 8.37. The van der Waals surface area contributed by atoms with Crippen molar-refractivity contribution in [1.82, 2.24) is 15.2 Å². The molecule has 3 fully saturated rings. The van der Waals surface area contributed by atoms with E-state index < -0.39 is 5.97 Å². The van der Waals surface area contributed by atoms with Crippen LogP contribution in [0.5, 0.6) is 0 Å². The van der Waals surface area contributed by atoms with Gasteiger partial charge >= 0.3 is 5.97 Å². The summed E-state index contributed by atoms with van der Waals surface area (Å²) in [6.07, 6.45) is 5.16. The zero-order chi connectivity index (χ0) is 25.1. The Morgan fingerprint density at radius 1 is 1.11 bits per heavy atom. The Hall–Kier alpha value is -3.04. The summed E-state index contributed by atoms with van der Waals surface area (Å²) in [6.45, 7) is 5.92. The smallest absolute Gasteiger partial charge is 0.356 e. The highest BCUT2D eigenvalue weighted by Crippen LogP contribution is 2.38. The summed E-state index contributed by atoms with van der Waals surface area (Å²) in [5.74, 6) is -0.217. The van der Waals surface area contributed by atoms with Crippen LogP contribution in [0.2, 0.25) is 0 Å². The van der Waals surface area contributed by atoms with Gasteiger partial charge in [-0.15, -0.1) is 0 Å². The average Bonchev–Trinajstić information content (AvgIpc) is 2.88. The molecule has 2 saturated heterocycles. The molecule has 192 valence electrons. The monoisotopic (exact) mass is 494 g/mol. The molecule has 1 aromatic carbocycles. The number of halogens is 1. The number of pyridine rings is 1. The molecule has 1 aliphatic carbocycles. The maximum atomic E-state index is 13.5. The first kappa shape index (κ1) is 24.6. The van der Waals surface area contributed by atoms with Gasteiger partial charge in [-0.1, -0.05) is 6.42 Å². The number of hydrogen-bond donors (Lipinski definition) is 3. The summed E-state index contributed by atoms with van der Waals surface area (Å²) in [7, 11) is 1.35. The maximum Gasteiger partial charge on any atom is 0.356 e. The number of anilines is 3. The molecule has 0 spiro atoms. The normalized spacial score (nSPS) is 19.6. The van der Waals surface area contributed by atoms with Crippen LogP contribution in [-0.2, 0) is 4.74 Å². The van der Waals surface area contributed by atoms with Crippen LogP contribution in [0.3, 0.4) is 0 Å². The highest BCUT2D eigenvalue weighted by atomic mass is 19.1. The van der Waals surface area contributed by atoms with Crippen LogP contribution >= 0.6 is 0 Å². The molecular formula is C27H35FN6O2. The lowest BCUT2D eigenvalue weighted by molar-refractivity contribution is 0.0594. The molecule has 5 rings (SSSR count). The number of piperazine rings is 1. The van der Waals surface area contributed by atoms with Gasteiger partial charge in [0.1, 0.15) is 11.6 Å². The van der Waals surface area contributed by atoms with Gasteiger partial charge in [-0.25, -0.2) is 14.2 Å². The van der Waals surface area contributed by atoms with Gasteiger partial charge in [0.15, 0.2) is 5.69 Å². The number of carbonyl (C=O) groups is 1. The van der Waals surface area contributed by atoms with Gasteiger partial charge in [0.2, 0.25) is 0 Å². The Bertz CT molecular complexity index is 1090. The largest absolute Gasteiger partial charge is 0.464 e. The third kappa shape index (κ3) is 5.22. The maximum absolute atomic E-state index is 13.5. The van der Waals surface area contributed by atoms with Crippen molar-refractivity contribution >= 4 is 28.9 Å². The van der Waals surface area contributed by atoms with E-state index >= 15 is 0 Å². The summed E-state index contributed by atoms with van der Waals surface area (Å²) in [5, 5.41) is 15.8. The first-order valence-corrected chi connectivity index (χ1v) is 13.0. The molecule has 2 aliphatic heterocycles. The number of nitrogens with one attached hydrogen (secondary N) is 3. The topological polar surface area (TPSA) is 93.6 Å². The predicted octanol–water partition coefficient (Wildman–Crippen LogP) is 3.79. The van der Waals surface area contributed by atoms with Gasteiger partial charge in [-0.3, -0.25) is 4.90 Å². The molecule has 8 nitrogen and oxygen atoms in total. The number of piperidine rings is 1. The summed E-state index contributed by atoms with van der Waals surface area (Å²) >= 11 is 0. The lowest BCUT2D eigenvalue weighted by Crippen LogP contribution is -2.52. The number of hydrogen-bond acceptors (Lipinski definition) is 8. The number of aromatic nitrogens is 1. The fraction of sp³-hybridized carbons (Fsp3) is 0.519. The first-order valence-electron chi connectivity index (χ1n) is 13.0. The second-order valence-corrected chi connectivity index (χ2v) is 9.92. The van der Waals surface area contributed by atoms with Crippen LogP contribution in [0.25, 0.3) is 0 Å². The van der Waals surface area contributed by atoms with Gasteiger partial charge < -0.3 is 25.7 Å². The van der Waals surface area contributed by atoms with Crippen LogP contribution in [-0.4, -0.2) is 74.0 Å². The summed E-state index contributed by atoms with van der Waals surface area (Å²) in [5.41, 5.74) is 2.99. The van der Waals surface area contributed by atoms with E-state index in [9.17, 15) is 9.18 Å². The Morgan fingerprint density at radius 3 is 2.42 bits per heavy atom. The SMILES string of the molecule is COC(=O)c1cc(N2CCC(N3CCNCC3)CC2)c(C(=N)C2CCC2)c(Nc2ccc(F)cc2)n1. The van der Waals surface area contributed by atoms with E-state index in [1.54, 1.807) is 18.2 Å². The Morgan fingerprint density at radius 2 is 1.81 bits per heavy atom. The van der Waals surface area contributed by atoms with Crippen molar-refractivity contribution in [3.05, 3.63) is 47.4 Å². The van der Waals surface area contributed by atoms with Crippen LogP contribution < -0.4 is 15.5 Å². The summed E-state index contributed by atoms with van der Waals surface area (Å²) in [4.78, 5) is 22.1. The van der Waals surface area contributed by atoms with Crippen molar-refractivity contribution in [2.45, 2.75) is 38.1 Å². The molecule has 3 heterocycles. The predicted molar refractivity (Wildman–Crippen MR) is 139 cm³/mol. The van der Waals surface area contributed by atoms with Crippen molar-refractivity contribution in [3.8, 4) is 0 Å². The van der Waals surface area contributed by atoms with Gasteiger partial charge in [0.25, 0.3) is 0 Å². The molecule has 1 saturated carbocycles. The number of carbonyl (C=O) groups excluding carboxylic acids is 1. The van der Waals surface area contributed by atoms with E-state index in [0.717, 1.165) is 82.6 Å². The number of nitrogens with zero attached hydrogens (tertiary/aromatic N) is 3. The number of methoxy groups -OCH3 is 1. The Balaban J connectivity index is 1.50. The average molecular weight is 495 g/mol. The first-order chi connectivity index (χ1) is 17.5. The van der Waals surface area contributed by atoms with Crippen molar-refractivity contribution in [1.29, 1.82) is 5.41 Å². The molecular weight excluding hydrogens is 459 g/mol. The van der Waals surface area contributed by atoms with E-state index in [2.05, 4.69) is 25.4 Å². The molecule has 9 heteroatoms.